The summed E-state index contributed by atoms with van der Waals surface area (Å²) >= 11 is 1.74. The quantitative estimate of drug-likeness (QED) is 0.769. The number of hydrogen-bond donors (Lipinski definition) is 0. The Kier molecular flexibility index (Phi) is 4.20. The van der Waals surface area contributed by atoms with E-state index in [1.165, 1.54) is 4.88 Å². The zero-order chi connectivity index (χ0) is 14.7. The smallest absolute Gasteiger partial charge is 0.159 e. The SMILES string of the molecule is COc1ccc(C=C2C(=O)CCCC2c2cccs2)cc1. The Morgan fingerprint density at radius 1 is 1.24 bits per heavy atom. The first-order chi connectivity index (χ1) is 10.3. The van der Waals surface area contributed by atoms with Crippen LogP contribution in [0.5, 0.6) is 5.75 Å². The predicted octanol–water partition coefficient (Wildman–Crippen LogP) is 4.68. The van der Waals surface area contributed by atoms with Crippen molar-refractivity contribution in [3.05, 3.63) is 57.8 Å². The lowest BCUT2D eigenvalue weighted by molar-refractivity contribution is -0.116. The zero-order valence-corrected chi connectivity index (χ0v) is 12.9. The Balaban J connectivity index is 1.94. The van der Waals surface area contributed by atoms with E-state index in [-0.39, 0.29) is 11.7 Å². The molecule has 0 radical (unpaired) electrons. The van der Waals surface area contributed by atoms with Crippen molar-refractivity contribution in [2.45, 2.75) is 25.2 Å². The molecular weight excluding hydrogens is 280 g/mol. The molecular formula is C18H18O2S. The molecule has 1 aliphatic rings. The third-order valence-electron chi connectivity index (χ3n) is 3.92. The summed E-state index contributed by atoms with van der Waals surface area (Å²) in [5, 5.41) is 2.08. The summed E-state index contributed by atoms with van der Waals surface area (Å²) in [5.41, 5.74) is 2.01. The number of ether oxygens (including phenoxy) is 1. The van der Waals surface area contributed by atoms with Gasteiger partial charge in [0.05, 0.1) is 7.11 Å². The van der Waals surface area contributed by atoms with E-state index in [1.54, 1.807) is 18.4 Å². The molecule has 1 aromatic heterocycles. The van der Waals surface area contributed by atoms with Gasteiger partial charge in [-0.05, 0) is 48.1 Å². The van der Waals surface area contributed by atoms with Crippen LogP contribution < -0.4 is 4.74 Å². The van der Waals surface area contributed by atoms with Crippen LogP contribution in [0.1, 0.15) is 35.6 Å². The van der Waals surface area contributed by atoms with Gasteiger partial charge in [0, 0.05) is 22.8 Å². The fourth-order valence-corrected chi connectivity index (χ4v) is 3.69. The molecule has 0 spiro atoms. The highest BCUT2D eigenvalue weighted by Gasteiger charge is 2.27. The fraction of sp³-hybridized carbons (Fsp3) is 0.278. The van der Waals surface area contributed by atoms with Crippen LogP contribution in [0.3, 0.4) is 0 Å². The molecule has 3 heteroatoms. The minimum absolute atomic E-state index is 0.258. The molecule has 1 unspecified atom stereocenters. The number of hydrogen-bond acceptors (Lipinski definition) is 3. The molecule has 2 aromatic rings. The summed E-state index contributed by atoms with van der Waals surface area (Å²) in [6, 6.07) is 12.1. The molecule has 0 saturated heterocycles. The molecule has 1 heterocycles. The van der Waals surface area contributed by atoms with Gasteiger partial charge in [-0.25, -0.2) is 0 Å². The highest BCUT2D eigenvalue weighted by atomic mass is 32.1. The zero-order valence-electron chi connectivity index (χ0n) is 12.0. The van der Waals surface area contributed by atoms with Gasteiger partial charge in [-0.1, -0.05) is 18.2 Å². The minimum Gasteiger partial charge on any atom is -0.497 e. The number of rotatable bonds is 3. The Labute approximate surface area is 129 Å². The Hall–Kier alpha value is -1.87. The second-order valence-electron chi connectivity index (χ2n) is 5.26. The monoisotopic (exact) mass is 298 g/mol. The molecule has 1 aromatic carbocycles. The predicted molar refractivity (Wildman–Crippen MR) is 86.9 cm³/mol. The van der Waals surface area contributed by atoms with E-state index >= 15 is 0 Å². The summed E-state index contributed by atoms with van der Waals surface area (Å²) in [7, 11) is 1.66. The first-order valence-corrected chi connectivity index (χ1v) is 8.08. The van der Waals surface area contributed by atoms with Crippen molar-refractivity contribution >= 4 is 23.2 Å². The number of carbonyl (C=O) groups is 1. The Morgan fingerprint density at radius 2 is 2.05 bits per heavy atom. The van der Waals surface area contributed by atoms with E-state index in [9.17, 15) is 4.79 Å². The normalized spacial score (nSPS) is 20.7. The van der Waals surface area contributed by atoms with Crippen LogP contribution >= 0.6 is 11.3 Å². The Morgan fingerprint density at radius 3 is 2.71 bits per heavy atom. The van der Waals surface area contributed by atoms with Gasteiger partial charge in [-0.15, -0.1) is 11.3 Å². The first kappa shape index (κ1) is 14.1. The van der Waals surface area contributed by atoms with Crippen LogP contribution in [-0.4, -0.2) is 12.9 Å². The maximum absolute atomic E-state index is 12.3. The highest BCUT2D eigenvalue weighted by molar-refractivity contribution is 7.10. The molecule has 0 bridgehead atoms. The van der Waals surface area contributed by atoms with Crippen LogP contribution in [0.4, 0.5) is 0 Å². The molecule has 0 N–H and O–H groups in total. The van der Waals surface area contributed by atoms with Crippen molar-refractivity contribution in [3.63, 3.8) is 0 Å². The second kappa shape index (κ2) is 6.27. The molecule has 21 heavy (non-hydrogen) atoms. The van der Waals surface area contributed by atoms with Crippen molar-refractivity contribution in [1.82, 2.24) is 0 Å². The van der Waals surface area contributed by atoms with Crippen LogP contribution in [0, 0.1) is 0 Å². The second-order valence-corrected chi connectivity index (χ2v) is 6.24. The largest absolute Gasteiger partial charge is 0.497 e. The molecule has 1 aliphatic carbocycles. The summed E-state index contributed by atoms with van der Waals surface area (Å²) in [6.07, 6.45) is 4.77. The van der Waals surface area contributed by atoms with Gasteiger partial charge in [0.1, 0.15) is 5.75 Å². The van der Waals surface area contributed by atoms with E-state index in [4.69, 9.17) is 4.74 Å². The van der Waals surface area contributed by atoms with Crippen molar-refractivity contribution in [1.29, 1.82) is 0 Å². The number of Topliss-reactive ketones (excluding diaryl/α,β-unsaturated/α-hetero) is 1. The van der Waals surface area contributed by atoms with Gasteiger partial charge in [0.25, 0.3) is 0 Å². The van der Waals surface area contributed by atoms with Gasteiger partial charge in [-0.3, -0.25) is 4.79 Å². The Bertz CT molecular complexity index is 638. The highest BCUT2D eigenvalue weighted by Crippen LogP contribution is 2.38. The number of thiophene rings is 1. The summed E-state index contributed by atoms with van der Waals surface area (Å²) < 4.78 is 5.17. The molecule has 1 saturated carbocycles. The van der Waals surface area contributed by atoms with Crippen LogP contribution in [0.15, 0.2) is 47.4 Å². The number of benzene rings is 1. The standard InChI is InChI=1S/C18H18O2S/c1-20-14-9-7-13(8-10-14)12-16-15(4-2-5-17(16)19)18-6-3-11-21-18/h3,6-12,15H,2,4-5H2,1H3. The third-order valence-corrected chi connectivity index (χ3v) is 4.90. The number of carbonyl (C=O) groups excluding carboxylic acids is 1. The molecule has 0 aliphatic heterocycles. The van der Waals surface area contributed by atoms with E-state index in [0.717, 1.165) is 29.7 Å². The topological polar surface area (TPSA) is 26.3 Å². The van der Waals surface area contributed by atoms with Crippen LogP contribution in [0.2, 0.25) is 0 Å². The first-order valence-electron chi connectivity index (χ1n) is 7.20. The molecule has 108 valence electrons. The van der Waals surface area contributed by atoms with Crippen molar-refractivity contribution in [2.75, 3.05) is 7.11 Å². The van der Waals surface area contributed by atoms with E-state index in [2.05, 4.69) is 17.5 Å². The van der Waals surface area contributed by atoms with Gasteiger partial charge in [-0.2, -0.15) is 0 Å². The number of ketones is 1. The number of allylic oxidation sites excluding steroid dienone is 1. The molecule has 1 atom stereocenters. The molecule has 1 fully saturated rings. The third kappa shape index (κ3) is 3.08. The van der Waals surface area contributed by atoms with E-state index in [0.29, 0.717) is 6.42 Å². The lowest BCUT2D eigenvalue weighted by Crippen LogP contribution is -2.16. The fourth-order valence-electron chi connectivity index (χ4n) is 2.81. The minimum atomic E-state index is 0.258. The van der Waals surface area contributed by atoms with Crippen LogP contribution in [-0.2, 0) is 4.79 Å². The average molecular weight is 298 g/mol. The lowest BCUT2D eigenvalue weighted by Gasteiger charge is -2.23. The average Bonchev–Trinajstić information content (AvgIpc) is 3.04. The summed E-state index contributed by atoms with van der Waals surface area (Å²) in [5.74, 6) is 1.38. The van der Waals surface area contributed by atoms with Crippen LogP contribution in [0.25, 0.3) is 6.08 Å². The molecule has 2 nitrogen and oxygen atoms in total. The van der Waals surface area contributed by atoms with Gasteiger partial charge in [0.2, 0.25) is 0 Å². The van der Waals surface area contributed by atoms with Crippen molar-refractivity contribution in [2.24, 2.45) is 0 Å². The maximum Gasteiger partial charge on any atom is 0.159 e. The number of methoxy groups -OCH3 is 1. The van der Waals surface area contributed by atoms with E-state index < -0.39 is 0 Å². The molecule has 3 rings (SSSR count). The lowest BCUT2D eigenvalue weighted by atomic mass is 9.81. The molecule has 0 amide bonds. The van der Waals surface area contributed by atoms with Crippen molar-refractivity contribution < 1.29 is 9.53 Å². The summed E-state index contributed by atoms with van der Waals surface area (Å²) in [4.78, 5) is 13.6. The van der Waals surface area contributed by atoms with E-state index in [1.807, 2.05) is 30.3 Å². The van der Waals surface area contributed by atoms with Gasteiger partial charge >= 0.3 is 0 Å². The van der Waals surface area contributed by atoms with Crippen molar-refractivity contribution in [3.8, 4) is 5.75 Å². The van der Waals surface area contributed by atoms with Gasteiger partial charge in [0.15, 0.2) is 5.78 Å². The van der Waals surface area contributed by atoms with Gasteiger partial charge < -0.3 is 4.74 Å². The maximum atomic E-state index is 12.3. The summed E-state index contributed by atoms with van der Waals surface area (Å²) in [6.45, 7) is 0.